The quantitative estimate of drug-likeness (QED) is 0.327. The molecular formula is C19H21LiO4. The van der Waals surface area contributed by atoms with E-state index >= 15 is 0 Å². The fourth-order valence-electron chi connectivity index (χ4n) is 2.08. The minimum atomic E-state index is -0.800. The Morgan fingerprint density at radius 2 is 1.67 bits per heavy atom. The zero-order valence-corrected chi connectivity index (χ0v) is 14.3. The predicted octanol–water partition coefficient (Wildman–Crippen LogP) is 0.764. The van der Waals surface area contributed by atoms with Gasteiger partial charge in [0.2, 0.25) is 0 Å². The van der Waals surface area contributed by atoms with Gasteiger partial charge in [0, 0.05) is 5.56 Å². The first kappa shape index (κ1) is 20.0. The van der Waals surface area contributed by atoms with E-state index in [9.17, 15) is 9.59 Å². The second-order valence-corrected chi connectivity index (χ2v) is 5.14. The first-order valence-electron chi connectivity index (χ1n) is 7.59. The largest absolute Gasteiger partial charge is 1.00 e. The van der Waals surface area contributed by atoms with Crippen molar-refractivity contribution in [1.29, 1.82) is 0 Å². The Labute approximate surface area is 155 Å². The maximum absolute atomic E-state index is 12.2. The van der Waals surface area contributed by atoms with Crippen molar-refractivity contribution in [1.82, 2.24) is 0 Å². The van der Waals surface area contributed by atoms with Gasteiger partial charge in [-0.25, -0.2) is 0 Å². The van der Waals surface area contributed by atoms with Crippen molar-refractivity contribution in [2.24, 2.45) is 5.92 Å². The van der Waals surface area contributed by atoms with Gasteiger partial charge in [0.15, 0.2) is 5.78 Å². The molecule has 4 nitrogen and oxygen atoms in total. The van der Waals surface area contributed by atoms with Crippen LogP contribution in [0.15, 0.2) is 54.6 Å². The fourth-order valence-corrected chi connectivity index (χ4v) is 2.08. The second kappa shape index (κ2) is 9.97. The molecule has 1 unspecified atom stereocenters. The Hall–Kier alpha value is -2.02. The average molecular weight is 320 g/mol. The molecule has 122 valence electrons. The van der Waals surface area contributed by atoms with Gasteiger partial charge in [-0.2, -0.15) is 0 Å². The van der Waals surface area contributed by atoms with Crippen molar-refractivity contribution in [3.63, 3.8) is 0 Å². The third-order valence-electron chi connectivity index (χ3n) is 3.42. The van der Waals surface area contributed by atoms with Crippen LogP contribution >= 0.6 is 0 Å². The van der Waals surface area contributed by atoms with Crippen molar-refractivity contribution in [3.05, 3.63) is 65.7 Å². The SMILES string of the molecule is CCOC(=O)C(C)C(=O)c1ccc(OCc2ccccc2)cc1.[H-].[Li+]. The van der Waals surface area contributed by atoms with Gasteiger partial charge in [-0.05, 0) is 43.7 Å². The number of hydrogen-bond acceptors (Lipinski definition) is 4. The Balaban J connectivity index is 0.00000288. The zero-order chi connectivity index (χ0) is 16.7. The summed E-state index contributed by atoms with van der Waals surface area (Å²) in [5.41, 5.74) is 1.54. The van der Waals surface area contributed by atoms with Gasteiger partial charge in [-0.1, -0.05) is 30.3 Å². The number of benzene rings is 2. The Morgan fingerprint density at radius 3 is 2.25 bits per heavy atom. The van der Waals surface area contributed by atoms with Crippen molar-refractivity contribution in [3.8, 4) is 5.75 Å². The second-order valence-electron chi connectivity index (χ2n) is 5.14. The molecule has 0 aliphatic carbocycles. The molecule has 0 spiro atoms. The third-order valence-corrected chi connectivity index (χ3v) is 3.42. The van der Waals surface area contributed by atoms with E-state index in [-0.39, 0.29) is 32.7 Å². The molecule has 0 heterocycles. The predicted molar refractivity (Wildman–Crippen MR) is 88.5 cm³/mol. The number of ketones is 1. The number of hydrogen-bond donors (Lipinski definition) is 0. The Morgan fingerprint density at radius 1 is 1.04 bits per heavy atom. The van der Waals surface area contributed by atoms with E-state index in [2.05, 4.69) is 0 Å². The van der Waals surface area contributed by atoms with Gasteiger partial charge in [0.25, 0.3) is 0 Å². The van der Waals surface area contributed by atoms with Crippen molar-refractivity contribution in [2.75, 3.05) is 6.61 Å². The Kier molecular flexibility index (Phi) is 8.32. The summed E-state index contributed by atoms with van der Waals surface area (Å²) in [4.78, 5) is 23.8. The molecule has 0 N–H and O–H groups in total. The third kappa shape index (κ3) is 5.56. The van der Waals surface area contributed by atoms with Crippen LogP contribution in [0.2, 0.25) is 0 Å². The van der Waals surface area contributed by atoms with E-state index in [1.807, 2.05) is 30.3 Å². The van der Waals surface area contributed by atoms with E-state index in [1.54, 1.807) is 38.1 Å². The molecule has 0 bridgehead atoms. The van der Waals surface area contributed by atoms with Gasteiger partial charge in [0.1, 0.15) is 18.3 Å². The first-order chi connectivity index (χ1) is 11.1. The summed E-state index contributed by atoms with van der Waals surface area (Å²) in [6, 6.07) is 16.6. The molecule has 5 heteroatoms. The molecule has 0 radical (unpaired) electrons. The van der Waals surface area contributed by atoms with Crippen LogP contribution in [0.5, 0.6) is 5.75 Å². The molecule has 0 fully saturated rings. The number of carbonyl (C=O) groups is 2. The molecule has 0 aromatic heterocycles. The van der Waals surface area contributed by atoms with Gasteiger partial charge in [-0.15, -0.1) is 0 Å². The van der Waals surface area contributed by atoms with Crippen LogP contribution in [0, 0.1) is 5.92 Å². The summed E-state index contributed by atoms with van der Waals surface area (Å²) in [7, 11) is 0. The van der Waals surface area contributed by atoms with E-state index in [1.165, 1.54) is 0 Å². The maximum atomic E-state index is 12.2. The standard InChI is InChI=1S/C19H20O4.Li.H/c1-3-22-19(21)14(2)18(20)16-9-11-17(12-10-16)23-13-15-7-5-4-6-8-15;;/h4-12,14H,3,13H2,1-2H3;;/q;+1;-1. The molecule has 0 saturated heterocycles. The van der Waals surface area contributed by atoms with Crippen LogP contribution in [0.3, 0.4) is 0 Å². The zero-order valence-electron chi connectivity index (χ0n) is 15.3. The molecule has 2 aromatic rings. The number of ether oxygens (including phenoxy) is 2. The minimum Gasteiger partial charge on any atom is -1.00 e. The van der Waals surface area contributed by atoms with Crippen molar-refractivity contribution in [2.45, 2.75) is 20.5 Å². The maximum Gasteiger partial charge on any atom is 1.00 e. The van der Waals surface area contributed by atoms with E-state index in [0.717, 1.165) is 5.56 Å². The summed E-state index contributed by atoms with van der Waals surface area (Å²) < 4.78 is 10.5. The van der Waals surface area contributed by atoms with Crippen LogP contribution in [-0.2, 0) is 16.1 Å². The molecule has 0 aliphatic rings. The van der Waals surface area contributed by atoms with E-state index < -0.39 is 11.9 Å². The van der Waals surface area contributed by atoms with Gasteiger partial charge < -0.3 is 10.9 Å². The molecule has 24 heavy (non-hydrogen) atoms. The molecule has 0 aliphatic heterocycles. The van der Waals surface area contributed by atoms with E-state index in [0.29, 0.717) is 17.9 Å². The average Bonchev–Trinajstić information content (AvgIpc) is 2.60. The number of esters is 1. The number of carbonyl (C=O) groups excluding carboxylic acids is 2. The first-order valence-corrected chi connectivity index (χ1v) is 7.59. The number of Topliss-reactive ketones (excluding diaryl/α,β-unsaturated/α-hetero) is 1. The van der Waals surface area contributed by atoms with Crippen molar-refractivity contribution >= 4 is 11.8 Å². The molecule has 2 rings (SSSR count). The summed E-state index contributed by atoms with van der Waals surface area (Å²) >= 11 is 0. The van der Waals surface area contributed by atoms with Gasteiger partial charge in [-0.3, -0.25) is 9.59 Å². The van der Waals surface area contributed by atoms with Crippen LogP contribution < -0.4 is 23.6 Å². The monoisotopic (exact) mass is 320 g/mol. The number of rotatable bonds is 7. The molecule has 0 amide bonds. The Bertz CT molecular complexity index is 659. The van der Waals surface area contributed by atoms with Crippen molar-refractivity contribution < 1.29 is 39.4 Å². The summed E-state index contributed by atoms with van der Waals surface area (Å²) in [6.45, 7) is 4.00. The molecule has 0 saturated carbocycles. The molecule has 2 aromatic carbocycles. The van der Waals surface area contributed by atoms with Crippen LogP contribution in [0.4, 0.5) is 0 Å². The normalized spacial score (nSPS) is 11.1. The van der Waals surface area contributed by atoms with Crippen LogP contribution in [-0.4, -0.2) is 18.4 Å². The van der Waals surface area contributed by atoms with Crippen LogP contribution in [0.25, 0.3) is 0 Å². The summed E-state index contributed by atoms with van der Waals surface area (Å²) in [5.74, 6) is -0.875. The van der Waals surface area contributed by atoms with Crippen LogP contribution in [0.1, 0.15) is 31.2 Å². The fraction of sp³-hybridized carbons (Fsp3) is 0.263. The molecule has 1 atom stereocenters. The van der Waals surface area contributed by atoms with Gasteiger partial charge in [0.05, 0.1) is 6.61 Å². The summed E-state index contributed by atoms with van der Waals surface area (Å²) in [6.07, 6.45) is 0. The molecular weight excluding hydrogens is 299 g/mol. The van der Waals surface area contributed by atoms with E-state index in [4.69, 9.17) is 9.47 Å². The minimum absolute atomic E-state index is 0. The topological polar surface area (TPSA) is 52.6 Å². The van der Waals surface area contributed by atoms with Gasteiger partial charge >= 0.3 is 24.8 Å². The summed E-state index contributed by atoms with van der Waals surface area (Å²) in [5, 5.41) is 0. The smallest absolute Gasteiger partial charge is 1.00 e.